The number of ether oxygens (including phenoxy) is 1. The van der Waals surface area contributed by atoms with Gasteiger partial charge < -0.3 is 9.84 Å². The maximum Gasteiger partial charge on any atom is 0.129 e. The minimum Gasteiger partial charge on any atom is -0.493 e. The molecule has 1 atom stereocenters. The maximum absolute atomic E-state index is 13.9. The number of rotatable bonds is 4. The molecule has 2 aromatic rings. The highest BCUT2D eigenvalue weighted by atomic mass is 79.9. The lowest BCUT2D eigenvalue weighted by atomic mass is 10.0. The third kappa shape index (κ3) is 3.40. The van der Waals surface area contributed by atoms with E-state index in [2.05, 4.69) is 31.9 Å². The van der Waals surface area contributed by atoms with Crippen molar-refractivity contribution in [2.45, 2.75) is 13.0 Å². The molecule has 0 bridgehead atoms. The van der Waals surface area contributed by atoms with Crippen molar-refractivity contribution in [3.8, 4) is 5.75 Å². The van der Waals surface area contributed by atoms with Gasteiger partial charge in [0, 0.05) is 20.1 Å². The Morgan fingerprint density at radius 1 is 1.10 bits per heavy atom. The average molecular weight is 404 g/mol. The molecule has 0 amide bonds. The Bertz CT molecular complexity index is 617. The van der Waals surface area contributed by atoms with Gasteiger partial charge in [-0.15, -0.1) is 0 Å². The van der Waals surface area contributed by atoms with Crippen molar-refractivity contribution >= 4 is 31.9 Å². The second-order valence-corrected chi connectivity index (χ2v) is 6.01. The molecule has 0 fully saturated rings. The lowest BCUT2D eigenvalue weighted by Gasteiger charge is -2.17. The summed E-state index contributed by atoms with van der Waals surface area (Å²) in [5.41, 5.74) is 0.733. The van der Waals surface area contributed by atoms with Gasteiger partial charge in [0.05, 0.1) is 6.61 Å². The fraction of sp³-hybridized carbons (Fsp3) is 0.200. The van der Waals surface area contributed by atoms with Crippen molar-refractivity contribution in [2.24, 2.45) is 0 Å². The van der Waals surface area contributed by atoms with Gasteiger partial charge in [-0.05, 0) is 43.3 Å². The van der Waals surface area contributed by atoms with Crippen LogP contribution in [0.3, 0.4) is 0 Å². The van der Waals surface area contributed by atoms with Gasteiger partial charge in [0.15, 0.2) is 0 Å². The smallest absolute Gasteiger partial charge is 0.129 e. The Morgan fingerprint density at radius 3 is 2.35 bits per heavy atom. The summed E-state index contributed by atoms with van der Waals surface area (Å²) in [5, 5.41) is 10.5. The van der Waals surface area contributed by atoms with Crippen LogP contribution in [0.15, 0.2) is 45.3 Å². The predicted molar refractivity (Wildman–Crippen MR) is 83.5 cm³/mol. The molecule has 2 nitrogen and oxygen atoms in total. The van der Waals surface area contributed by atoms with E-state index in [-0.39, 0.29) is 5.56 Å². The molecule has 2 rings (SSSR count). The van der Waals surface area contributed by atoms with Gasteiger partial charge in [0.25, 0.3) is 0 Å². The molecule has 0 saturated heterocycles. The van der Waals surface area contributed by atoms with Crippen molar-refractivity contribution < 1.29 is 14.2 Å². The minimum atomic E-state index is -1.09. The second-order valence-electron chi connectivity index (χ2n) is 4.18. The van der Waals surface area contributed by atoms with E-state index in [9.17, 15) is 9.50 Å². The summed E-state index contributed by atoms with van der Waals surface area (Å²) in [6, 6.07) is 9.78. The first-order valence-corrected chi connectivity index (χ1v) is 7.66. The van der Waals surface area contributed by atoms with E-state index in [0.717, 1.165) is 4.47 Å². The lowest BCUT2D eigenvalue weighted by Crippen LogP contribution is -2.06. The third-order valence-corrected chi connectivity index (χ3v) is 3.81. The normalized spacial score (nSPS) is 12.2. The number of aliphatic hydroxyl groups is 1. The molecule has 5 heteroatoms. The van der Waals surface area contributed by atoms with Crippen LogP contribution in [0.2, 0.25) is 0 Å². The quantitative estimate of drug-likeness (QED) is 0.791. The Morgan fingerprint density at radius 2 is 1.70 bits per heavy atom. The Hall–Kier alpha value is -0.910. The van der Waals surface area contributed by atoms with E-state index in [1.54, 1.807) is 24.3 Å². The monoisotopic (exact) mass is 402 g/mol. The summed E-state index contributed by atoms with van der Waals surface area (Å²) in [6.07, 6.45) is -1.09. The summed E-state index contributed by atoms with van der Waals surface area (Å²) in [7, 11) is 0. The maximum atomic E-state index is 13.9. The zero-order chi connectivity index (χ0) is 14.7. The van der Waals surface area contributed by atoms with Gasteiger partial charge in [-0.2, -0.15) is 0 Å². The van der Waals surface area contributed by atoms with Crippen molar-refractivity contribution in [2.75, 3.05) is 6.61 Å². The molecular weight excluding hydrogens is 391 g/mol. The van der Waals surface area contributed by atoms with Gasteiger partial charge in [0.2, 0.25) is 0 Å². The predicted octanol–water partition coefficient (Wildman–Crippen LogP) is 4.83. The Kier molecular flexibility index (Phi) is 5.18. The highest BCUT2D eigenvalue weighted by Gasteiger charge is 2.19. The molecule has 1 N–H and O–H groups in total. The average Bonchev–Trinajstić information content (AvgIpc) is 2.43. The molecule has 0 aromatic heterocycles. The Balaban J connectivity index is 2.49. The molecule has 20 heavy (non-hydrogen) atoms. The van der Waals surface area contributed by atoms with Crippen LogP contribution in [0.5, 0.6) is 5.75 Å². The molecule has 106 valence electrons. The zero-order valence-corrected chi connectivity index (χ0v) is 13.9. The van der Waals surface area contributed by atoms with Crippen molar-refractivity contribution in [3.05, 3.63) is 62.3 Å². The van der Waals surface area contributed by atoms with Crippen LogP contribution in [0.25, 0.3) is 0 Å². The summed E-state index contributed by atoms with van der Waals surface area (Å²) in [6.45, 7) is 2.33. The third-order valence-electron chi connectivity index (χ3n) is 2.82. The van der Waals surface area contributed by atoms with E-state index in [0.29, 0.717) is 22.4 Å². The fourth-order valence-corrected chi connectivity index (χ4v) is 2.67. The van der Waals surface area contributed by atoms with Crippen LogP contribution < -0.4 is 4.74 Å². The first-order chi connectivity index (χ1) is 9.52. The number of hydrogen-bond donors (Lipinski definition) is 1. The molecule has 0 aliphatic rings. The first kappa shape index (κ1) is 15.5. The molecular formula is C15H13Br2FO2. The van der Waals surface area contributed by atoms with Gasteiger partial charge in [0.1, 0.15) is 17.7 Å². The largest absolute Gasteiger partial charge is 0.493 e. The number of benzene rings is 2. The summed E-state index contributed by atoms with van der Waals surface area (Å²) in [4.78, 5) is 0. The van der Waals surface area contributed by atoms with E-state index in [4.69, 9.17) is 4.74 Å². The number of aliphatic hydroxyl groups excluding tert-OH is 1. The summed E-state index contributed by atoms with van der Waals surface area (Å²) >= 11 is 6.63. The first-order valence-electron chi connectivity index (χ1n) is 6.08. The molecule has 1 unspecified atom stereocenters. The van der Waals surface area contributed by atoms with E-state index >= 15 is 0 Å². The zero-order valence-electron chi connectivity index (χ0n) is 10.7. The van der Waals surface area contributed by atoms with Gasteiger partial charge in [-0.1, -0.05) is 31.9 Å². The highest BCUT2D eigenvalue weighted by molar-refractivity contribution is 9.10. The number of hydrogen-bond acceptors (Lipinski definition) is 2. The van der Waals surface area contributed by atoms with E-state index < -0.39 is 11.9 Å². The topological polar surface area (TPSA) is 29.5 Å². The summed E-state index contributed by atoms with van der Waals surface area (Å²) in [5.74, 6) is 0.0886. The molecule has 0 heterocycles. The van der Waals surface area contributed by atoms with Crippen molar-refractivity contribution in [1.82, 2.24) is 0 Å². The van der Waals surface area contributed by atoms with Crippen LogP contribution in [0.1, 0.15) is 24.2 Å². The van der Waals surface area contributed by atoms with Crippen LogP contribution in [-0.4, -0.2) is 11.7 Å². The molecule has 0 aliphatic heterocycles. The molecule has 0 aliphatic carbocycles. The molecule has 0 saturated carbocycles. The molecule has 0 spiro atoms. The second kappa shape index (κ2) is 6.70. The van der Waals surface area contributed by atoms with E-state index in [1.165, 1.54) is 6.07 Å². The fourth-order valence-electron chi connectivity index (χ4n) is 1.91. The van der Waals surface area contributed by atoms with Gasteiger partial charge in [-0.3, -0.25) is 0 Å². The van der Waals surface area contributed by atoms with Crippen LogP contribution in [-0.2, 0) is 0 Å². The van der Waals surface area contributed by atoms with Crippen LogP contribution >= 0.6 is 31.9 Å². The standard InChI is InChI=1S/C15H13Br2FO2/c1-2-20-14-6-4-10(17)8-12(14)15(19)11-7-9(16)3-5-13(11)18/h3-8,15,19H,2H2,1H3. The van der Waals surface area contributed by atoms with Crippen molar-refractivity contribution in [1.29, 1.82) is 0 Å². The highest BCUT2D eigenvalue weighted by Crippen LogP contribution is 2.34. The van der Waals surface area contributed by atoms with Crippen LogP contribution in [0, 0.1) is 5.82 Å². The van der Waals surface area contributed by atoms with Gasteiger partial charge in [-0.25, -0.2) is 4.39 Å². The minimum absolute atomic E-state index is 0.207. The SMILES string of the molecule is CCOc1ccc(Br)cc1C(O)c1cc(Br)ccc1F. The van der Waals surface area contributed by atoms with E-state index in [1.807, 2.05) is 13.0 Å². The lowest BCUT2D eigenvalue weighted by molar-refractivity contribution is 0.207. The Labute approximate surface area is 133 Å². The van der Waals surface area contributed by atoms with Crippen molar-refractivity contribution in [3.63, 3.8) is 0 Å². The number of halogens is 3. The summed E-state index contributed by atoms with van der Waals surface area (Å²) < 4.78 is 20.9. The van der Waals surface area contributed by atoms with Gasteiger partial charge >= 0.3 is 0 Å². The molecule has 2 aromatic carbocycles. The van der Waals surface area contributed by atoms with Crippen LogP contribution in [0.4, 0.5) is 4.39 Å². The molecule has 0 radical (unpaired) electrons.